The molecule has 0 fully saturated rings. The van der Waals surface area contributed by atoms with E-state index in [2.05, 4.69) is 83.2 Å². The second-order valence-corrected chi connectivity index (χ2v) is 13.2. The maximum absolute atomic E-state index is 13.6. The Morgan fingerprint density at radius 3 is 2.28 bits per heavy atom. The van der Waals surface area contributed by atoms with E-state index in [1.807, 2.05) is 0 Å². The summed E-state index contributed by atoms with van der Waals surface area (Å²) in [6, 6.07) is 13.6. The minimum atomic E-state index is -0.0924. The van der Waals surface area contributed by atoms with Gasteiger partial charge in [-0.15, -0.1) is 0 Å². The molecule has 0 saturated heterocycles. The Hall–Kier alpha value is -3.07. The molecule has 0 aromatic heterocycles. The largest absolute Gasteiger partial charge is 0.300 e. The summed E-state index contributed by atoms with van der Waals surface area (Å²) in [6.45, 7) is 12.4. The summed E-state index contributed by atoms with van der Waals surface area (Å²) >= 11 is 0. The number of carbonyl (C=O) groups is 3. The molecule has 0 spiro atoms. The Morgan fingerprint density at radius 2 is 1.65 bits per heavy atom. The topological polar surface area (TPSA) is 51.2 Å². The molecule has 0 radical (unpaired) electrons. The Bertz CT molecular complexity index is 1370. The fourth-order valence-electron chi connectivity index (χ4n) is 7.81. The molecule has 0 aliphatic heterocycles. The van der Waals surface area contributed by atoms with E-state index in [1.54, 1.807) is 0 Å². The third-order valence-corrected chi connectivity index (χ3v) is 10.1. The molecule has 3 unspecified atom stereocenters. The zero-order valence-corrected chi connectivity index (χ0v) is 27.4. The molecule has 2 aliphatic carbocycles. The lowest BCUT2D eigenvalue weighted by Gasteiger charge is -2.32. The summed E-state index contributed by atoms with van der Waals surface area (Å²) in [6.07, 6.45) is 13.9. The zero-order chi connectivity index (χ0) is 31.1. The minimum absolute atomic E-state index is 0.0329. The van der Waals surface area contributed by atoms with Crippen LogP contribution in [-0.2, 0) is 22.4 Å². The molecule has 43 heavy (non-hydrogen) atoms. The summed E-state index contributed by atoms with van der Waals surface area (Å²) in [5.41, 5.74) is 9.89. The van der Waals surface area contributed by atoms with Crippen molar-refractivity contribution in [3.63, 3.8) is 0 Å². The lowest BCUT2D eigenvalue weighted by molar-refractivity contribution is -0.129. The van der Waals surface area contributed by atoms with Gasteiger partial charge in [-0.25, -0.2) is 0 Å². The van der Waals surface area contributed by atoms with Crippen molar-refractivity contribution < 1.29 is 14.4 Å². The van der Waals surface area contributed by atoms with Crippen LogP contribution in [0.4, 0.5) is 0 Å². The molecule has 0 N–H and O–H groups in total. The van der Waals surface area contributed by atoms with E-state index < -0.39 is 0 Å². The third kappa shape index (κ3) is 7.91. The lowest BCUT2D eigenvalue weighted by atomic mass is 9.71. The normalized spacial score (nSPS) is 17.8. The first-order chi connectivity index (χ1) is 20.7. The van der Waals surface area contributed by atoms with Crippen LogP contribution < -0.4 is 0 Å². The molecule has 0 saturated carbocycles. The van der Waals surface area contributed by atoms with Crippen molar-refractivity contribution in [1.82, 2.24) is 0 Å². The molecule has 3 atom stereocenters. The monoisotopic (exact) mass is 580 g/mol. The summed E-state index contributed by atoms with van der Waals surface area (Å²) in [4.78, 5) is 38.1. The molecule has 2 aromatic rings. The van der Waals surface area contributed by atoms with Gasteiger partial charge in [-0.05, 0) is 110 Å². The van der Waals surface area contributed by atoms with Crippen LogP contribution >= 0.6 is 0 Å². The molecule has 0 bridgehead atoms. The molecule has 0 heterocycles. The molecule has 2 aromatic carbocycles. The van der Waals surface area contributed by atoms with Crippen molar-refractivity contribution in [3.05, 3.63) is 87.5 Å². The van der Waals surface area contributed by atoms with E-state index >= 15 is 0 Å². The van der Waals surface area contributed by atoms with Crippen LogP contribution in [0.15, 0.2) is 54.1 Å². The Balaban J connectivity index is 1.45. The van der Waals surface area contributed by atoms with Crippen LogP contribution in [0.2, 0.25) is 0 Å². The third-order valence-electron chi connectivity index (χ3n) is 10.1. The smallest absolute Gasteiger partial charge is 0.163 e. The van der Waals surface area contributed by atoms with Crippen LogP contribution in [0.5, 0.6) is 0 Å². The van der Waals surface area contributed by atoms with Gasteiger partial charge in [0.15, 0.2) is 5.78 Å². The lowest BCUT2D eigenvalue weighted by Crippen LogP contribution is -2.30. The van der Waals surface area contributed by atoms with Crippen molar-refractivity contribution in [1.29, 1.82) is 0 Å². The Kier molecular flexibility index (Phi) is 11.5. The van der Waals surface area contributed by atoms with Crippen LogP contribution in [0, 0.1) is 24.7 Å². The van der Waals surface area contributed by atoms with Gasteiger partial charge in [0.25, 0.3) is 0 Å². The number of hydrogen-bond donors (Lipinski definition) is 0. The Labute approximate surface area is 260 Å². The number of allylic oxidation sites excluding steroid dienone is 4. The number of rotatable bonds is 15. The van der Waals surface area contributed by atoms with E-state index in [0.717, 1.165) is 61.6 Å². The molecule has 4 rings (SSSR count). The second kappa shape index (κ2) is 15.1. The first kappa shape index (κ1) is 32.8. The van der Waals surface area contributed by atoms with Crippen LogP contribution in [0.25, 0.3) is 5.57 Å². The summed E-state index contributed by atoms with van der Waals surface area (Å²) in [7, 11) is 0. The van der Waals surface area contributed by atoms with Gasteiger partial charge in [0, 0.05) is 17.9 Å². The maximum Gasteiger partial charge on any atom is 0.163 e. The fourth-order valence-corrected chi connectivity index (χ4v) is 7.81. The summed E-state index contributed by atoms with van der Waals surface area (Å²) in [5.74, 6) is 1.30. The van der Waals surface area contributed by atoms with Gasteiger partial charge in [0.1, 0.15) is 11.6 Å². The minimum Gasteiger partial charge on any atom is -0.300 e. The highest BCUT2D eigenvalue weighted by Gasteiger charge is 2.33. The number of Topliss-reactive ketones (excluding diaryl/α,β-unsaturated/α-hetero) is 3. The van der Waals surface area contributed by atoms with Crippen molar-refractivity contribution in [3.8, 4) is 0 Å². The van der Waals surface area contributed by atoms with Crippen molar-refractivity contribution in [2.24, 2.45) is 17.8 Å². The molecule has 230 valence electrons. The first-order valence-corrected chi connectivity index (χ1v) is 16.8. The van der Waals surface area contributed by atoms with Crippen LogP contribution in [-0.4, -0.2) is 17.3 Å². The van der Waals surface area contributed by atoms with Gasteiger partial charge in [-0.2, -0.15) is 0 Å². The van der Waals surface area contributed by atoms with Gasteiger partial charge >= 0.3 is 0 Å². The van der Waals surface area contributed by atoms with Crippen LogP contribution in [0.1, 0.15) is 136 Å². The van der Waals surface area contributed by atoms with E-state index in [0.29, 0.717) is 12.3 Å². The first-order valence-electron chi connectivity index (χ1n) is 16.8. The zero-order valence-electron chi connectivity index (χ0n) is 27.4. The molecule has 2 aliphatic rings. The van der Waals surface area contributed by atoms with Gasteiger partial charge in [-0.3, -0.25) is 14.4 Å². The van der Waals surface area contributed by atoms with Crippen molar-refractivity contribution in [2.45, 2.75) is 118 Å². The standard InChI is InChI=1S/C40H52O3/c1-7-11-35(37(10-4)38(42)20-26(5)41)23-29-24-36-19-18-33(27(6)40(36)39(43)25-29)21-28-12-13-34(22-28)32-16-14-31(15-17-32)30(8-2)9-3/h13-19,22,29-30,35,37H,7-12,20-21,23-25H2,1-6H3. The quantitative estimate of drug-likeness (QED) is 0.197. The van der Waals surface area contributed by atoms with Gasteiger partial charge < -0.3 is 0 Å². The fraction of sp³-hybridized carbons (Fsp3) is 0.525. The Morgan fingerprint density at radius 1 is 0.930 bits per heavy atom. The molecule has 3 nitrogen and oxygen atoms in total. The molecule has 0 amide bonds. The van der Waals surface area contributed by atoms with E-state index in [1.165, 1.54) is 47.6 Å². The average Bonchev–Trinajstić information content (AvgIpc) is 3.44. The molecule has 3 heteroatoms. The maximum atomic E-state index is 13.6. The van der Waals surface area contributed by atoms with E-state index in [9.17, 15) is 14.4 Å². The highest BCUT2D eigenvalue weighted by Crippen LogP contribution is 2.38. The number of benzene rings is 2. The predicted octanol–water partition coefficient (Wildman–Crippen LogP) is 9.98. The predicted molar refractivity (Wildman–Crippen MR) is 179 cm³/mol. The van der Waals surface area contributed by atoms with Gasteiger partial charge in [-0.1, -0.05) is 94.7 Å². The summed E-state index contributed by atoms with van der Waals surface area (Å²) < 4.78 is 0. The number of carbonyl (C=O) groups excluding carboxylic acids is 3. The van der Waals surface area contributed by atoms with Gasteiger partial charge in [0.05, 0.1) is 6.42 Å². The second-order valence-electron chi connectivity index (χ2n) is 13.2. The summed E-state index contributed by atoms with van der Waals surface area (Å²) in [5, 5.41) is 0. The molecular weight excluding hydrogens is 528 g/mol. The van der Waals surface area contributed by atoms with Crippen LogP contribution in [0.3, 0.4) is 0 Å². The number of fused-ring (bicyclic) bond motifs is 1. The average molecular weight is 581 g/mol. The highest BCUT2D eigenvalue weighted by atomic mass is 16.1. The highest BCUT2D eigenvalue weighted by molar-refractivity contribution is 6.00. The number of hydrogen-bond acceptors (Lipinski definition) is 3. The number of ketones is 3. The molecular formula is C40H52O3. The SMILES string of the molecule is CCCC(CC1CC(=O)c2c(ccc(CC3=CC(c4ccc(C(CC)CC)cc4)=CC3)c2C)C1)C(CC)C(=O)CC(C)=O. The van der Waals surface area contributed by atoms with Gasteiger partial charge in [0.2, 0.25) is 0 Å². The van der Waals surface area contributed by atoms with Crippen molar-refractivity contribution in [2.75, 3.05) is 0 Å². The van der Waals surface area contributed by atoms with E-state index in [4.69, 9.17) is 0 Å². The van der Waals surface area contributed by atoms with Crippen molar-refractivity contribution >= 4 is 22.9 Å². The van der Waals surface area contributed by atoms with E-state index in [-0.39, 0.29) is 41.5 Å².